The van der Waals surface area contributed by atoms with E-state index in [4.69, 9.17) is 15.1 Å². The van der Waals surface area contributed by atoms with Gasteiger partial charge in [-0.1, -0.05) is 0 Å². The standard InChI is InChI=1S/C10H17NO2/c11-7-9(8-12)3-1-4-10-5-2-6-13-10/h9-10,12H,1-6,8H2. The van der Waals surface area contributed by atoms with Crippen molar-refractivity contribution in [3.05, 3.63) is 0 Å². The number of rotatable bonds is 5. The summed E-state index contributed by atoms with van der Waals surface area (Å²) in [7, 11) is 0. The van der Waals surface area contributed by atoms with E-state index >= 15 is 0 Å². The van der Waals surface area contributed by atoms with E-state index in [0.717, 1.165) is 32.3 Å². The molecule has 1 N–H and O–H groups in total. The first-order valence-corrected chi connectivity index (χ1v) is 4.99. The van der Waals surface area contributed by atoms with Gasteiger partial charge in [0, 0.05) is 6.61 Å². The molecule has 3 nitrogen and oxygen atoms in total. The number of nitriles is 1. The molecule has 2 atom stereocenters. The van der Waals surface area contributed by atoms with E-state index in [9.17, 15) is 0 Å². The Morgan fingerprint density at radius 2 is 2.46 bits per heavy atom. The summed E-state index contributed by atoms with van der Waals surface area (Å²) in [5, 5.41) is 17.3. The van der Waals surface area contributed by atoms with Crippen molar-refractivity contribution in [3.8, 4) is 6.07 Å². The smallest absolute Gasteiger partial charge is 0.0694 e. The normalized spacial score (nSPS) is 24.2. The second-order valence-corrected chi connectivity index (χ2v) is 3.57. The monoisotopic (exact) mass is 183 g/mol. The topological polar surface area (TPSA) is 53.2 Å². The van der Waals surface area contributed by atoms with Gasteiger partial charge in [-0.3, -0.25) is 0 Å². The second kappa shape index (κ2) is 5.95. The molecule has 13 heavy (non-hydrogen) atoms. The van der Waals surface area contributed by atoms with Crippen molar-refractivity contribution in [2.45, 2.75) is 38.2 Å². The van der Waals surface area contributed by atoms with Gasteiger partial charge >= 0.3 is 0 Å². The van der Waals surface area contributed by atoms with Crippen LogP contribution in [0, 0.1) is 17.2 Å². The van der Waals surface area contributed by atoms with Crippen LogP contribution in [-0.4, -0.2) is 24.4 Å². The van der Waals surface area contributed by atoms with Crippen LogP contribution in [0.1, 0.15) is 32.1 Å². The predicted molar refractivity (Wildman–Crippen MR) is 49.0 cm³/mol. The van der Waals surface area contributed by atoms with Gasteiger partial charge in [-0.2, -0.15) is 5.26 Å². The molecule has 1 aliphatic heterocycles. The summed E-state index contributed by atoms with van der Waals surface area (Å²) in [4.78, 5) is 0. The summed E-state index contributed by atoms with van der Waals surface area (Å²) in [6.07, 6.45) is 5.58. The summed E-state index contributed by atoms with van der Waals surface area (Å²) >= 11 is 0. The van der Waals surface area contributed by atoms with Crippen LogP contribution >= 0.6 is 0 Å². The number of ether oxygens (including phenoxy) is 1. The Kier molecular flexibility index (Phi) is 4.81. The molecule has 74 valence electrons. The molecule has 0 aromatic rings. The van der Waals surface area contributed by atoms with Crippen LogP contribution in [0.15, 0.2) is 0 Å². The minimum Gasteiger partial charge on any atom is -0.395 e. The first kappa shape index (κ1) is 10.5. The quantitative estimate of drug-likeness (QED) is 0.702. The summed E-state index contributed by atoms with van der Waals surface area (Å²) in [5.41, 5.74) is 0. The lowest BCUT2D eigenvalue weighted by molar-refractivity contribution is 0.100. The molecule has 3 heteroatoms. The molecule has 0 radical (unpaired) electrons. The predicted octanol–water partition coefficient (Wildman–Crippen LogP) is 1.47. The van der Waals surface area contributed by atoms with E-state index in [0.29, 0.717) is 6.10 Å². The zero-order valence-electron chi connectivity index (χ0n) is 7.91. The lowest BCUT2D eigenvalue weighted by Crippen LogP contribution is -2.07. The molecule has 1 rings (SSSR count). The van der Waals surface area contributed by atoms with Crippen molar-refractivity contribution in [2.75, 3.05) is 13.2 Å². The number of aliphatic hydroxyl groups excluding tert-OH is 1. The van der Waals surface area contributed by atoms with Gasteiger partial charge in [-0.05, 0) is 32.1 Å². The van der Waals surface area contributed by atoms with Crippen molar-refractivity contribution < 1.29 is 9.84 Å². The molecule has 1 aliphatic rings. The zero-order valence-corrected chi connectivity index (χ0v) is 7.91. The van der Waals surface area contributed by atoms with E-state index in [1.54, 1.807) is 0 Å². The molecular formula is C10H17NO2. The van der Waals surface area contributed by atoms with Crippen molar-refractivity contribution in [1.29, 1.82) is 5.26 Å². The lowest BCUT2D eigenvalue weighted by atomic mass is 10.0. The molecule has 0 amide bonds. The highest BCUT2D eigenvalue weighted by Gasteiger charge is 2.15. The van der Waals surface area contributed by atoms with Gasteiger partial charge in [0.25, 0.3) is 0 Å². The Morgan fingerprint density at radius 1 is 1.62 bits per heavy atom. The van der Waals surface area contributed by atoms with Gasteiger partial charge in [-0.15, -0.1) is 0 Å². The van der Waals surface area contributed by atoms with Crippen LogP contribution < -0.4 is 0 Å². The molecule has 1 heterocycles. The molecule has 0 spiro atoms. The average Bonchev–Trinajstić information content (AvgIpc) is 2.65. The van der Waals surface area contributed by atoms with E-state index in [-0.39, 0.29) is 12.5 Å². The Balaban J connectivity index is 2.02. The van der Waals surface area contributed by atoms with Gasteiger partial charge in [0.05, 0.1) is 24.7 Å². The Hall–Kier alpha value is -0.590. The first-order chi connectivity index (χ1) is 6.36. The third kappa shape index (κ3) is 3.75. The fourth-order valence-corrected chi connectivity index (χ4v) is 1.66. The molecule has 0 aromatic carbocycles. The zero-order chi connectivity index (χ0) is 9.52. The maximum atomic E-state index is 8.76. The number of nitrogens with zero attached hydrogens (tertiary/aromatic N) is 1. The van der Waals surface area contributed by atoms with Crippen LogP contribution in [-0.2, 0) is 4.74 Å². The molecule has 1 fully saturated rings. The highest BCUT2D eigenvalue weighted by molar-refractivity contribution is 4.82. The highest BCUT2D eigenvalue weighted by Crippen LogP contribution is 2.19. The molecule has 0 saturated carbocycles. The van der Waals surface area contributed by atoms with Crippen LogP contribution in [0.3, 0.4) is 0 Å². The largest absolute Gasteiger partial charge is 0.395 e. The summed E-state index contributed by atoms with van der Waals surface area (Å²) < 4.78 is 5.46. The van der Waals surface area contributed by atoms with E-state index in [2.05, 4.69) is 6.07 Å². The van der Waals surface area contributed by atoms with Crippen molar-refractivity contribution in [3.63, 3.8) is 0 Å². The number of aliphatic hydroxyl groups is 1. The van der Waals surface area contributed by atoms with Crippen molar-refractivity contribution in [1.82, 2.24) is 0 Å². The highest BCUT2D eigenvalue weighted by atomic mass is 16.5. The summed E-state index contributed by atoms with van der Waals surface area (Å²) in [6.45, 7) is 0.883. The van der Waals surface area contributed by atoms with Crippen molar-refractivity contribution >= 4 is 0 Å². The van der Waals surface area contributed by atoms with Crippen LogP contribution in [0.25, 0.3) is 0 Å². The third-order valence-electron chi connectivity index (χ3n) is 2.51. The SMILES string of the molecule is N#CC(CO)CCCC1CCCO1. The third-order valence-corrected chi connectivity index (χ3v) is 2.51. The van der Waals surface area contributed by atoms with Crippen LogP contribution in [0.5, 0.6) is 0 Å². The van der Waals surface area contributed by atoms with Gasteiger partial charge in [0.2, 0.25) is 0 Å². The van der Waals surface area contributed by atoms with Gasteiger partial charge < -0.3 is 9.84 Å². The minimum absolute atomic E-state index is 0.0119. The summed E-state index contributed by atoms with van der Waals surface area (Å²) in [5.74, 6) is -0.179. The summed E-state index contributed by atoms with van der Waals surface area (Å²) in [6, 6.07) is 2.09. The molecule has 0 aliphatic carbocycles. The molecule has 1 saturated heterocycles. The number of hydrogen-bond donors (Lipinski definition) is 1. The van der Waals surface area contributed by atoms with Crippen molar-refractivity contribution in [2.24, 2.45) is 5.92 Å². The Bertz CT molecular complexity index is 170. The maximum absolute atomic E-state index is 8.76. The van der Waals surface area contributed by atoms with Gasteiger partial charge in [-0.25, -0.2) is 0 Å². The van der Waals surface area contributed by atoms with E-state index in [1.165, 1.54) is 6.42 Å². The number of hydrogen-bond acceptors (Lipinski definition) is 3. The molecule has 2 unspecified atom stereocenters. The lowest BCUT2D eigenvalue weighted by Gasteiger charge is -2.09. The van der Waals surface area contributed by atoms with Gasteiger partial charge in [0.15, 0.2) is 0 Å². The van der Waals surface area contributed by atoms with E-state index in [1.807, 2.05) is 0 Å². The Labute approximate surface area is 79.3 Å². The maximum Gasteiger partial charge on any atom is 0.0694 e. The average molecular weight is 183 g/mol. The van der Waals surface area contributed by atoms with Crippen LogP contribution in [0.2, 0.25) is 0 Å². The molecule has 0 bridgehead atoms. The molecule has 0 aromatic heterocycles. The fraction of sp³-hybridized carbons (Fsp3) is 0.900. The molecular weight excluding hydrogens is 166 g/mol. The van der Waals surface area contributed by atoms with Crippen LogP contribution in [0.4, 0.5) is 0 Å². The van der Waals surface area contributed by atoms with Gasteiger partial charge in [0.1, 0.15) is 0 Å². The Morgan fingerprint density at radius 3 is 3.00 bits per heavy atom. The minimum atomic E-state index is -0.179. The first-order valence-electron chi connectivity index (χ1n) is 4.99. The second-order valence-electron chi connectivity index (χ2n) is 3.57. The van der Waals surface area contributed by atoms with E-state index < -0.39 is 0 Å². The fourth-order valence-electron chi connectivity index (χ4n) is 1.66.